The van der Waals surface area contributed by atoms with E-state index in [9.17, 15) is 0 Å². The minimum absolute atomic E-state index is 0.566. The summed E-state index contributed by atoms with van der Waals surface area (Å²) >= 11 is 7.40. The van der Waals surface area contributed by atoms with Crippen molar-refractivity contribution in [2.75, 3.05) is 18.2 Å². The van der Waals surface area contributed by atoms with Gasteiger partial charge < -0.3 is 10.6 Å². The summed E-state index contributed by atoms with van der Waals surface area (Å²) in [6.07, 6.45) is 0. The number of nitrogens with zero attached hydrogens (tertiary/aromatic N) is 3. The molecule has 5 nitrogen and oxygen atoms in total. The quantitative estimate of drug-likeness (QED) is 0.411. The van der Waals surface area contributed by atoms with Gasteiger partial charge in [0.2, 0.25) is 5.16 Å². The van der Waals surface area contributed by atoms with Gasteiger partial charge in [0.25, 0.3) is 0 Å². The van der Waals surface area contributed by atoms with E-state index in [1.54, 1.807) is 12.1 Å². The first-order valence-electron chi connectivity index (χ1n) is 7.42. The van der Waals surface area contributed by atoms with Gasteiger partial charge in [-0.05, 0) is 43.3 Å². The molecule has 0 radical (unpaired) electrons. The molecule has 0 bridgehead atoms. The van der Waals surface area contributed by atoms with E-state index < -0.39 is 0 Å². The minimum atomic E-state index is 0.566. The van der Waals surface area contributed by atoms with Crippen molar-refractivity contribution in [1.82, 2.24) is 14.9 Å². The first-order chi connectivity index (χ1) is 11.6. The predicted molar refractivity (Wildman–Crippen MR) is 98.0 cm³/mol. The van der Waals surface area contributed by atoms with Crippen LogP contribution in [0.25, 0.3) is 11.4 Å². The van der Waals surface area contributed by atoms with Crippen molar-refractivity contribution in [3.8, 4) is 17.1 Å². The number of hydrogen-bond acceptors (Lipinski definition) is 5. The first kappa shape index (κ1) is 16.7. The maximum atomic E-state index is 6.08. The number of nitrogen functional groups attached to an aromatic ring is 1. The highest BCUT2D eigenvalue weighted by Crippen LogP contribution is 2.23. The number of halogens is 1. The van der Waals surface area contributed by atoms with Gasteiger partial charge >= 0.3 is 0 Å². The van der Waals surface area contributed by atoms with Gasteiger partial charge in [0.1, 0.15) is 5.75 Å². The lowest BCUT2D eigenvalue weighted by Gasteiger charge is -2.06. The summed E-state index contributed by atoms with van der Waals surface area (Å²) in [6.45, 7) is 2.61. The van der Waals surface area contributed by atoms with E-state index in [0.717, 1.165) is 17.1 Å². The molecule has 0 aliphatic carbocycles. The molecule has 1 heterocycles. The molecule has 1 aromatic heterocycles. The summed E-state index contributed by atoms with van der Waals surface area (Å²) in [6, 6.07) is 15.3. The summed E-state index contributed by atoms with van der Waals surface area (Å²) in [5.74, 6) is 8.27. The largest absolute Gasteiger partial charge is 0.493 e. The van der Waals surface area contributed by atoms with Crippen molar-refractivity contribution in [2.24, 2.45) is 0 Å². The molecular weight excluding hydrogens is 344 g/mol. The highest BCUT2D eigenvalue weighted by atomic mass is 35.5. The van der Waals surface area contributed by atoms with Crippen LogP contribution in [-0.4, -0.2) is 27.2 Å². The zero-order valence-electron chi connectivity index (χ0n) is 13.1. The number of rotatable bonds is 6. The van der Waals surface area contributed by atoms with Gasteiger partial charge in [-0.2, -0.15) is 0 Å². The summed E-state index contributed by atoms with van der Waals surface area (Å²) in [7, 11) is 0. The van der Waals surface area contributed by atoms with E-state index in [-0.39, 0.29) is 0 Å². The standard InChI is InChI=1S/C17H17ClN4OS/c1-12-2-8-15(9-3-12)23-10-11-24-17-21-20-16(22(17)19)13-4-6-14(18)7-5-13/h2-9H,10-11,19H2,1H3. The van der Waals surface area contributed by atoms with Crippen molar-refractivity contribution in [3.05, 3.63) is 59.1 Å². The minimum Gasteiger partial charge on any atom is -0.493 e. The van der Waals surface area contributed by atoms with Gasteiger partial charge in [0.05, 0.1) is 6.61 Å². The SMILES string of the molecule is Cc1ccc(OCCSc2nnc(-c3ccc(Cl)cc3)n2N)cc1. The van der Waals surface area contributed by atoms with Crippen LogP contribution in [0.4, 0.5) is 0 Å². The number of nitrogens with two attached hydrogens (primary N) is 1. The molecule has 3 aromatic rings. The Morgan fingerprint density at radius 2 is 1.79 bits per heavy atom. The Morgan fingerprint density at radius 3 is 2.50 bits per heavy atom. The molecule has 0 aliphatic rings. The number of hydrogen-bond donors (Lipinski definition) is 1. The van der Waals surface area contributed by atoms with Crippen molar-refractivity contribution >= 4 is 23.4 Å². The van der Waals surface area contributed by atoms with E-state index in [0.29, 0.717) is 22.6 Å². The van der Waals surface area contributed by atoms with E-state index in [1.807, 2.05) is 43.3 Å². The topological polar surface area (TPSA) is 66.0 Å². The molecule has 0 saturated carbocycles. The van der Waals surface area contributed by atoms with Crippen LogP contribution in [-0.2, 0) is 0 Å². The number of aryl methyl sites for hydroxylation is 1. The van der Waals surface area contributed by atoms with Crippen LogP contribution in [0.2, 0.25) is 5.02 Å². The molecule has 0 aliphatic heterocycles. The lowest BCUT2D eigenvalue weighted by Crippen LogP contribution is -2.12. The second-order valence-electron chi connectivity index (χ2n) is 5.19. The fourth-order valence-corrected chi connectivity index (χ4v) is 2.90. The summed E-state index contributed by atoms with van der Waals surface area (Å²) in [5.41, 5.74) is 2.08. The monoisotopic (exact) mass is 360 g/mol. The van der Waals surface area contributed by atoms with Crippen LogP contribution in [0.5, 0.6) is 5.75 Å². The number of ether oxygens (including phenoxy) is 1. The second kappa shape index (κ2) is 7.59. The molecule has 2 N–H and O–H groups in total. The van der Waals surface area contributed by atoms with Gasteiger partial charge in [-0.1, -0.05) is 41.1 Å². The molecular formula is C17H17ClN4OS. The predicted octanol–water partition coefficient (Wildman–Crippen LogP) is 3.79. The maximum Gasteiger partial charge on any atom is 0.210 e. The number of thioether (sulfide) groups is 1. The van der Waals surface area contributed by atoms with Crippen LogP contribution in [0.3, 0.4) is 0 Å². The molecule has 0 spiro atoms. The van der Waals surface area contributed by atoms with Gasteiger partial charge in [0.15, 0.2) is 5.82 Å². The Morgan fingerprint density at radius 1 is 1.08 bits per heavy atom. The van der Waals surface area contributed by atoms with E-state index in [2.05, 4.69) is 10.2 Å². The molecule has 3 rings (SSSR count). The fourth-order valence-electron chi connectivity index (χ4n) is 2.10. The van der Waals surface area contributed by atoms with E-state index in [1.165, 1.54) is 22.0 Å². The van der Waals surface area contributed by atoms with Crippen molar-refractivity contribution < 1.29 is 4.74 Å². The van der Waals surface area contributed by atoms with Crippen LogP contribution in [0.1, 0.15) is 5.56 Å². The fraction of sp³-hybridized carbons (Fsp3) is 0.176. The Hall–Kier alpha value is -2.18. The lowest BCUT2D eigenvalue weighted by molar-refractivity contribution is 0.344. The van der Waals surface area contributed by atoms with Gasteiger partial charge in [-0.15, -0.1) is 10.2 Å². The molecule has 0 atom stereocenters. The Balaban J connectivity index is 1.56. The molecule has 0 amide bonds. The van der Waals surface area contributed by atoms with Gasteiger partial charge in [-0.25, -0.2) is 4.68 Å². The van der Waals surface area contributed by atoms with Crippen molar-refractivity contribution in [1.29, 1.82) is 0 Å². The molecule has 7 heteroatoms. The van der Waals surface area contributed by atoms with Crippen molar-refractivity contribution in [2.45, 2.75) is 12.1 Å². The molecule has 124 valence electrons. The smallest absolute Gasteiger partial charge is 0.210 e. The summed E-state index contributed by atoms with van der Waals surface area (Å²) in [4.78, 5) is 0. The second-order valence-corrected chi connectivity index (χ2v) is 6.69. The van der Waals surface area contributed by atoms with Gasteiger partial charge in [-0.3, -0.25) is 0 Å². The number of aromatic nitrogens is 3. The normalized spacial score (nSPS) is 10.8. The highest BCUT2D eigenvalue weighted by molar-refractivity contribution is 7.99. The molecule has 0 saturated heterocycles. The third-order valence-corrected chi connectivity index (χ3v) is 4.53. The molecule has 24 heavy (non-hydrogen) atoms. The van der Waals surface area contributed by atoms with Crippen molar-refractivity contribution in [3.63, 3.8) is 0 Å². The average molecular weight is 361 g/mol. The summed E-state index contributed by atoms with van der Waals surface area (Å²) in [5, 5.41) is 9.60. The van der Waals surface area contributed by atoms with E-state index in [4.69, 9.17) is 22.2 Å². The third-order valence-electron chi connectivity index (χ3n) is 3.37. The number of benzene rings is 2. The maximum absolute atomic E-state index is 6.08. The first-order valence-corrected chi connectivity index (χ1v) is 8.78. The molecule has 2 aromatic carbocycles. The van der Waals surface area contributed by atoms with Crippen LogP contribution < -0.4 is 10.6 Å². The summed E-state index contributed by atoms with van der Waals surface area (Å²) < 4.78 is 7.18. The average Bonchev–Trinajstić information content (AvgIpc) is 2.95. The highest BCUT2D eigenvalue weighted by Gasteiger charge is 2.12. The zero-order chi connectivity index (χ0) is 16.9. The van der Waals surface area contributed by atoms with Crippen LogP contribution >= 0.6 is 23.4 Å². The third kappa shape index (κ3) is 4.01. The molecule has 0 unspecified atom stereocenters. The Kier molecular flexibility index (Phi) is 5.27. The molecule has 0 fully saturated rings. The lowest BCUT2D eigenvalue weighted by atomic mass is 10.2. The van der Waals surface area contributed by atoms with E-state index >= 15 is 0 Å². The Labute approximate surface area is 149 Å². The zero-order valence-corrected chi connectivity index (χ0v) is 14.7. The Bertz CT molecular complexity index is 802. The van der Waals surface area contributed by atoms with Crippen LogP contribution in [0.15, 0.2) is 53.7 Å². The van der Waals surface area contributed by atoms with Crippen LogP contribution in [0, 0.1) is 6.92 Å². The van der Waals surface area contributed by atoms with Gasteiger partial charge in [0, 0.05) is 16.3 Å².